The zero-order chi connectivity index (χ0) is 19.5. The topological polar surface area (TPSA) is 9.23 Å². The van der Waals surface area contributed by atoms with Crippen molar-refractivity contribution in [3.05, 3.63) is 69.2 Å². The summed E-state index contributed by atoms with van der Waals surface area (Å²) < 4.78 is 6.77. The van der Waals surface area contributed by atoms with Crippen LogP contribution in [0.4, 0.5) is 0 Å². The van der Waals surface area contributed by atoms with Crippen molar-refractivity contribution in [2.24, 2.45) is 0 Å². The van der Waals surface area contributed by atoms with Gasteiger partial charge in [-0.15, -0.1) is 0 Å². The predicted molar refractivity (Wildman–Crippen MR) is 120 cm³/mol. The molecule has 1 nitrogen and oxygen atoms in total. The van der Waals surface area contributed by atoms with E-state index in [4.69, 9.17) is 27.6 Å². The summed E-state index contributed by atoms with van der Waals surface area (Å²) in [5, 5.41) is 2.29. The number of hydrogen-bond acceptors (Lipinski definition) is 1. The maximum atomic E-state index is 6.77. The quantitative estimate of drug-likeness (QED) is 0.303. The van der Waals surface area contributed by atoms with Crippen molar-refractivity contribution in [3.8, 4) is 0 Å². The first-order chi connectivity index (χ1) is 12.0. The van der Waals surface area contributed by atoms with Crippen LogP contribution in [0, 0.1) is 0 Å². The van der Waals surface area contributed by atoms with E-state index in [-0.39, 0.29) is 11.1 Å². The molecule has 1 atom stereocenters. The van der Waals surface area contributed by atoms with Gasteiger partial charge in [0.2, 0.25) is 0 Å². The Labute approximate surface area is 177 Å². The van der Waals surface area contributed by atoms with Crippen LogP contribution >= 0.6 is 39.1 Å². The second-order valence-electron chi connectivity index (χ2n) is 8.16. The van der Waals surface area contributed by atoms with E-state index in [1.807, 2.05) is 18.2 Å². The van der Waals surface area contributed by atoms with E-state index in [1.165, 1.54) is 11.1 Å². The summed E-state index contributed by atoms with van der Waals surface area (Å²) in [6.07, 6.45) is 0.588. The van der Waals surface area contributed by atoms with Gasteiger partial charge in [-0.05, 0) is 41.4 Å². The lowest BCUT2D eigenvalue weighted by molar-refractivity contribution is 0.184. The highest BCUT2D eigenvalue weighted by Gasteiger charge is 2.40. The van der Waals surface area contributed by atoms with Crippen LogP contribution in [0.3, 0.4) is 0 Å². The van der Waals surface area contributed by atoms with Gasteiger partial charge < -0.3 is 4.43 Å². The zero-order valence-corrected chi connectivity index (χ0v) is 20.2. The minimum absolute atomic E-state index is 0.110. The Balaban J connectivity index is 2.41. The summed E-state index contributed by atoms with van der Waals surface area (Å²) in [4.78, 5) is 0. The molecule has 0 heterocycles. The molecule has 0 N–H and O–H groups in total. The van der Waals surface area contributed by atoms with E-state index in [2.05, 4.69) is 74.1 Å². The minimum atomic E-state index is -1.99. The summed E-state index contributed by atoms with van der Waals surface area (Å²) in [7, 11) is -1.99. The fraction of sp³-hybridized carbons (Fsp3) is 0.429. The van der Waals surface area contributed by atoms with Gasteiger partial charge in [-0.3, -0.25) is 0 Å². The monoisotopic (exact) mass is 472 g/mol. The summed E-state index contributed by atoms with van der Waals surface area (Å²) in [6.45, 7) is 11.3. The molecule has 2 aromatic rings. The Kier molecular flexibility index (Phi) is 7.43. The molecule has 0 aliphatic carbocycles. The molecule has 0 aliphatic rings. The van der Waals surface area contributed by atoms with E-state index in [1.54, 1.807) is 0 Å². The van der Waals surface area contributed by atoms with Gasteiger partial charge >= 0.3 is 0 Å². The average molecular weight is 474 g/mol. The van der Waals surface area contributed by atoms with Crippen LogP contribution in [0.5, 0.6) is 0 Å². The highest BCUT2D eigenvalue weighted by Crippen LogP contribution is 2.43. The molecule has 5 heteroatoms. The molecule has 0 amide bonds. The lowest BCUT2D eigenvalue weighted by Gasteiger charge is -2.40. The number of halogens is 3. The minimum Gasteiger partial charge on any atom is -0.409 e. The van der Waals surface area contributed by atoms with Gasteiger partial charge in [0.05, 0.1) is 6.10 Å². The van der Waals surface area contributed by atoms with Crippen LogP contribution in [-0.4, -0.2) is 8.32 Å². The summed E-state index contributed by atoms with van der Waals surface area (Å²) in [6, 6.07) is 14.2. The largest absolute Gasteiger partial charge is 0.409 e. The van der Waals surface area contributed by atoms with Crippen molar-refractivity contribution >= 4 is 47.4 Å². The third-order valence-corrected chi connectivity index (χ3v) is 11.0. The molecule has 0 bridgehead atoms. The molecule has 26 heavy (non-hydrogen) atoms. The standard InChI is InChI=1S/C21H27BrCl2OSi/c1-21(2,3)26(4,5)25-19(20-17(23)7-6-8-18(20)24)13-15-9-11-16(14-22)12-10-15/h6-12,19H,13-14H2,1-5H3. The van der Waals surface area contributed by atoms with Gasteiger partial charge in [0, 0.05) is 27.4 Å². The second kappa shape index (κ2) is 8.79. The van der Waals surface area contributed by atoms with E-state index < -0.39 is 8.32 Å². The molecular formula is C21H27BrCl2OSi. The number of hydrogen-bond donors (Lipinski definition) is 0. The summed E-state index contributed by atoms with van der Waals surface area (Å²) >= 11 is 16.5. The zero-order valence-electron chi connectivity index (χ0n) is 16.1. The first-order valence-electron chi connectivity index (χ1n) is 8.80. The first-order valence-corrected chi connectivity index (χ1v) is 13.6. The highest BCUT2D eigenvalue weighted by atomic mass is 79.9. The van der Waals surface area contributed by atoms with Crippen molar-refractivity contribution in [2.75, 3.05) is 0 Å². The van der Waals surface area contributed by atoms with Crippen molar-refractivity contribution in [2.45, 2.75) is 56.8 Å². The van der Waals surface area contributed by atoms with Crippen LogP contribution in [0.15, 0.2) is 42.5 Å². The smallest absolute Gasteiger partial charge is 0.192 e. The van der Waals surface area contributed by atoms with Crippen LogP contribution in [0.2, 0.25) is 28.2 Å². The Morgan fingerprint density at radius 3 is 1.92 bits per heavy atom. The van der Waals surface area contributed by atoms with E-state index in [0.29, 0.717) is 10.0 Å². The molecule has 0 aromatic heterocycles. The molecule has 2 rings (SSSR count). The van der Waals surface area contributed by atoms with E-state index >= 15 is 0 Å². The van der Waals surface area contributed by atoms with Crippen molar-refractivity contribution < 1.29 is 4.43 Å². The molecule has 0 spiro atoms. The third-order valence-electron chi connectivity index (χ3n) is 5.16. The molecule has 0 fully saturated rings. The van der Waals surface area contributed by atoms with Crippen LogP contribution in [0.1, 0.15) is 43.6 Å². The van der Waals surface area contributed by atoms with Gasteiger partial charge in [0.1, 0.15) is 0 Å². The van der Waals surface area contributed by atoms with Gasteiger partial charge in [-0.2, -0.15) is 0 Å². The maximum absolute atomic E-state index is 6.77. The molecule has 2 aromatic carbocycles. The lowest BCUT2D eigenvalue weighted by atomic mass is 10.0. The lowest BCUT2D eigenvalue weighted by Crippen LogP contribution is -2.42. The van der Waals surface area contributed by atoms with Gasteiger partial charge in [0.15, 0.2) is 8.32 Å². The molecule has 0 aliphatic heterocycles. The number of rotatable bonds is 6. The summed E-state index contributed by atoms with van der Waals surface area (Å²) in [5.74, 6) is 0. The van der Waals surface area contributed by atoms with E-state index in [9.17, 15) is 0 Å². The fourth-order valence-electron chi connectivity index (χ4n) is 2.53. The fourth-order valence-corrected chi connectivity index (χ4v) is 4.81. The predicted octanol–water partition coefficient (Wildman–Crippen LogP) is 8.19. The molecule has 0 saturated heterocycles. The van der Waals surface area contributed by atoms with Crippen LogP contribution < -0.4 is 0 Å². The third kappa shape index (κ3) is 5.36. The maximum Gasteiger partial charge on any atom is 0.192 e. The Morgan fingerprint density at radius 2 is 1.46 bits per heavy atom. The van der Waals surface area contributed by atoms with Crippen molar-refractivity contribution in [1.29, 1.82) is 0 Å². The molecule has 1 unspecified atom stereocenters. The number of alkyl halides is 1. The highest BCUT2D eigenvalue weighted by molar-refractivity contribution is 9.08. The molecular weight excluding hydrogens is 447 g/mol. The Hall–Kier alpha value is -0.323. The van der Waals surface area contributed by atoms with Crippen molar-refractivity contribution in [3.63, 3.8) is 0 Å². The summed E-state index contributed by atoms with van der Waals surface area (Å²) in [5.41, 5.74) is 3.37. The molecule has 0 saturated carbocycles. The second-order valence-corrected chi connectivity index (χ2v) is 14.3. The van der Waals surface area contributed by atoms with Crippen LogP contribution in [-0.2, 0) is 16.2 Å². The Bertz CT molecular complexity index is 718. The average Bonchev–Trinajstić information content (AvgIpc) is 2.54. The van der Waals surface area contributed by atoms with Gasteiger partial charge in [0.25, 0.3) is 0 Å². The van der Waals surface area contributed by atoms with Gasteiger partial charge in [-0.25, -0.2) is 0 Å². The normalized spacial score (nSPS) is 13.7. The SMILES string of the molecule is CC(C)(C)[Si](C)(C)OC(Cc1ccc(CBr)cc1)c1c(Cl)cccc1Cl. The van der Waals surface area contributed by atoms with Gasteiger partial charge in [-0.1, -0.05) is 90.2 Å². The number of benzene rings is 2. The van der Waals surface area contributed by atoms with E-state index in [0.717, 1.165) is 17.3 Å². The van der Waals surface area contributed by atoms with Crippen molar-refractivity contribution in [1.82, 2.24) is 0 Å². The first kappa shape index (κ1) is 22.0. The Morgan fingerprint density at radius 1 is 0.962 bits per heavy atom. The van der Waals surface area contributed by atoms with Crippen LogP contribution in [0.25, 0.3) is 0 Å². The molecule has 0 radical (unpaired) electrons. The molecule has 142 valence electrons.